The van der Waals surface area contributed by atoms with Gasteiger partial charge in [-0.3, -0.25) is 10.6 Å². The molecule has 2 aromatic rings. The number of rotatable bonds is 5. The number of benzene rings is 2. The highest BCUT2D eigenvalue weighted by atomic mass is 19.1. The Hall–Kier alpha value is -2.40. The first-order chi connectivity index (χ1) is 10.1. The zero-order chi connectivity index (χ0) is 15.2. The molecule has 4 N–H and O–H groups in total. The van der Waals surface area contributed by atoms with Crippen LogP contribution in [0.3, 0.4) is 0 Å². The summed E-state index contributed by atoms with van der Waals surface area (Å²) < 4.78 is 13.0. The molecule has 0 aliphatic heterocycles. The molecule has 0 spiro atoms. The number of hydrazine groups is 1. The maximum Gasteiger partial charge on any atom is 0.251 e. The number of hydrogen-bond acceptors (Lipinski definition) is 3. The zero-order valence-corrected chi connectivity index (χ0v) is 11.8. The maximum absolute atomic E-state index is 13.0. The summed E-state index contributed by atoms with van der Waals surface area (Å²) >= 11 is 0. The molecule has 4 nitrogen and oxygen atoms in total. The van der Waals surface area contributed by atoms with Gasteiger partial charge in [-0.1, -0.05) is 6.07 Å². The normalized spacial score (nSPS) is 10.2. The summed E-state index contributed by atoms with van der Waals surface area (Å²) in [4.78, 5) is 12.0. The lowest BCUT2D eigenvalue weighted by Crippen LogP contribution is -2.25. The summed E-state index contributed by atoms with van der Waals surface area (Å²) in [6.07, 6.45) is 0.667. The van der Waals surface area contributed by atoms with Gasteiger partial charge in [-0.15, -0.1) is 0 Å². The summed E-state index contributed by atoms with van der Waals surface area (Å²) in [7, 11) is 0. The Balaban J connectivity index is 1.88. The predicted octanol–water partition coefficient (Wildman–Crippen LogP) is 2.39. The molecule has 0 radical (unpaired) electrons. The minimum Gasteiger partial charge on any atom is -0.352 e. The first-order valence-corrected chi connectivity index (χ1v) is 6.70. The van der Waals surface area contributed by atoms with Crippen LogP contribution < -0.4 is 16.6 Å². The van der Waals surface area contributed by atoms with E-state index in [-0.39, 0.29) is 11.7 Å². The number of carbonyl (C=O) groups excluding carboxylic acids is 1. The first-order valence-electron chi connectivity index (χ1n) is 6.70. The Labute approximate surface area is 123 Å². The van der Waals surface area contributed by atoms with Crippen LogP contribution in [-0.2, 0) is 6.42 Å². The van der Waals surface area contributed by atoms with Crippen LogP contribution in [0.15, 0.2) is 42.5 Å². The van der Waals surface area contributed by atoms with Crippen molar-refractivity contribution < 1.29 is 9.18 Å². The van der Waals surface area contributed by atoms with E-state index in [0.717, 1.165) is 16.8 Å². The van der Waals surface area contributed by atoms with E-state index < -0.39 is 0 Å². The quantitative estimate of drug-likeness (QED) is 0.584. The molecule has 0 unspecified atom stereocenters. The van der Waals surface area contributed by atoms with Crippen molar-refractivity contribution in [2.45, 2.75) is 13.3 Å². The molecule has 5 heteroatoms. The van der Waals surface area contributed by atoms with Crippen LogP contribution >= 0.6 is 0 Å². The number of nitrogens with two attached hydrogens (primary N) is 1. The van der Waals surface area contributed by atoms with E-state index in [1.807, 2.05) is 6.92 Å². The number of amides is 1. The highest BCUT2D eigenvalue weighted by Gasteiger charge is 2.05. The molecular weight excluding hydrogens is 269 g/mol. The molecule has 0 fully saturated rings. The van der Waals surface area contributed by atoms with Crippen molar-refractivity contribution in [1.82, 2.24) is 5.32 Å². The zero-order valence-electron chi connectivity index (χ0n) is 11.8. The van der Waals surface area contributed by atoms with E-state index in [2.05, 4.69) is 10.7 Å². The molecular formula is C16H18FN3O. The average molecular weight is 287 g/mol. The molecule has 0 bridgehead atoms. The minimum atomic E-state index is -0.242. The van der Waals surface area contributed by atoms with Gasteiger partial charge in [0.1, 0.15) is 5.82 Å². The fourth-order valence-electron chi connectivity index (χ4n) is 2.07. The lowest BCUT2D eigenvalue weighted by Gasteiger charge is -2.08. The van der Waals surface area contributed by atoms with Crippen molar-refractivity contribution in [2.75, 3.05) is 12.0 Å². The van der Waals surface area contributed by atoms with Gasteiger partial charge in [-0.25, -0.2) is 4.39 Å². The van der Waals surface area contributed by atoms with Gasteiger partial charge in [0.25, 0.3) is 5.91 Å². The van der Waals surface area contributed by atoms with Crippen LogP contribution in [0.2, 0.25) is 0 Å². The van der Waals surface area contributed by atoms with Gasteiger partial charge in [0.2, 0.25) is 0 Å². The molecule has 0 saturated heterocycles. The molecule has 0 aromatic heterocycles. The van der Waals surface area contributed by atoms with E-state index in [1.54, 1.807) is 30.3 Å². The number of nitrogens with one attached hydrogen (secondary N) is 2. The van der Waals surface area contributed by atoms with Gasteiger partial charge < -0.3 is 10.7 Å². The van der Waals surface area contributed by atoms with E-state index in [1.165, 1.54) is 12.1 Å². The van der Waals surface area contributed by atoms with E-state index in [0.29, 0.717) is 18.5 Å². The summed E-state index contributed by atoms with van der Waals surface area (Å²) in [6, 6.07) is 11.6. The lowest BCUT2D eigenvalue weighted by molar-refractivity contribution is 0.0954. The van der Waals surface area contributed by atoms with Crippen molar-refractivity contribution in [3.63, 3.8) is 0 Å². The molecule has 0 saturated carbocycles. The van der Waals surface area contributed by atoms with E-state index in [9.17, 15) is 9.18 Å². The third-order valence-electron chi connectivity index (χ3n) is 3.30. The van der Waals surface area contributed by atoms with Crippen LogP contribution in [0.4, 0.5) is 10.1 Å². The third kappa shape index (κ3) is 4.03. The Kier molecular flexibility index (Phi) is 4.90. The van der Waals surface area contributed by atoms with E-state index in [4.69, 9.17) is 5.84 Å². The molecule has 2 aromatic carbocycles. The monoisotopic (exact) mass is 287 g/mol. The SMILES string of the molecule is Cc1cc(F)ccc1CCNC(=O)c1ccc(NN)cc1. The fraction of sp³-hybridized carbons (Fsp3) is 0.188. The number of aryl methyl sites for hydroxylation is 1. The highest BCUT2D eigenvalue weighted by Crippen LogP contribution is 2.11. The predicted molar refractivity (Wildman–Crippen MR) is 81.4 cm³/mol. The van der Waals surface area contributed by atoms with Crippen LogP contribution in [0.1, 0.15) is 21.5 Å². The molecule has 21 heavy (non-hydrogen) atoms. The van der Waals surface area contributed by atoms with E-state index >= 15 is 0 Å². The van der Waals surface area contributed by atoms with Gasteiger partial charge in [0, 0.05) is 17.8 Å². The van der Waals surface area contributed by atoms with Gasteiger partial charge >= 0.3 is 0 Å². The summed E-state index contributed by atoms with van der Waals surface area (Å²) in [6.45, 7) is 2.36. The second kappa shape index (κ2) is 6.85. The number of anilines is 1. The van der Waals surface area contributed by atoms with Crippen molar-refractivity contribution >= 4 is 11.6 Å². The van der Waals surface area contributed by atoms with Crippen molar-refractivity contribution in [3.05, 3.63) is 65.0 Å². The summed E-state index contributed by atoms with van der Waals surface area (Å²) in [5.74, 6) is 4.89. The number of carbonyl (C=O) groups is 1. The average Bonchev–Trinajstić information content (AvgIpc) is 2.49. The van der Waals surface area contributed by atoms with Gasteiger partial charge in [-0.05, 0) is 60.9 Å². The maximum atomic E-state index is 13.0. The van der Waals surface area contributed by atoms with Crippen LogP contribution in [-0.4, -0.2) is 12.5 Å². The molecule has 0 heterocycles. The number of hydrogen-bond donors (Lipinski definition) is 3. The molecule has 0 atom stereocenters. The lowest BCUT2D eigenvalue weighted by atomic mass is 10.1. The number of halogens is 1. The molecule has 2 rings (SSSR count). The van der Waals surface area contributed by atoms with Gasteiger partial charge in [-0.2, -0.15) is 0 Å². The topological polar surface area (TPSA) is 67.2 Å². The van der Waals surface area contributed by atoms with Crippen molar-refractivity contribution in [2.24, 2.45) is 5.84 Å². The largest absolute Gasteiger partial charge is 0.352 e. The highest BCUT2D eigenvalue weighted by molar-refractivity contribution is 5.94. The van der Waals surface area contributed by atoms with Crippen LogP contribution in [0.5, 0.6) is 0 Å². The second-order valence-electron chi connectivity index (χ2n) is 4.80. The smallest absolute Gasteiger partial charge is 0.251 e. The van der Waals surface area contributed by atoms with Gasteiger partial charge in [0.15, 0.2) is 0 Å². The standard InChI is InChI=1S/C16H18FN3O/c1-11-10-14(17)5-2-12(11)8-9-19-16(21)13-3-6-15(20-18)7-4-13/h2-7,10,20H,8-9,18H2,1H3,(H,19,21). The molecule has 110 valence electrons. The first kappa shape index (κ1) is 15.0. The Morgan fingerprint density at radius 2 is 1.90 bits per heavy atom. The van der Waals surface area contributed by atoms with Crippen molar-refractivity contribution in [3.8, 4) is 0 Å². The molecule has 0 aliphatic rings. The second-order valence-corrected chi connectivity index (χ2v) is 4.80. The van der Waals surface area contributed by atoms with Gasteiger partial charge in [0.05, 0.1) is 0 Å². The Morgan fingerprint density at radius 1 is 1.19 bits per heavy atom. The minimum absolute atomic E-state index is 0.140. The Bertz CT molecular complexity index is 626. The molecule has 1 amide bonds. The third-order valence-corrected chi connectivity index (χ3v) is 3.30. The van der Waals surface area contributed by atoms with Crippen LogP contribution in [0.25, 0.3) is 0 Å². The molecule has 0 aliphatic carbocycles. The number of nitrogen functional groups attached to an aromatic ring is 1. The Morgan fingerprint density at radius 3 is 2.52 bits per heavy atom. The summed E-state index contributed by atoms with van der Waals surface area (Å²) in [5, 5.41) is 2.84. The van der Waals surface area contributed by atoms with Crippen molar-refractivity contribution in [1.29, 1.82) is 0 Å². The summed E-state index contributed by atoms with van der Waals surface area (Å²) in [5.41, 5.74) is 5.74. The fourth-order valence-corrected chi connectivity index (χ4v) is 2.07. The van der Waals surface area contributed by atoms with Crippen LogP contribution in [0, 0.1) is 12.7 Å².